The van der Waals surface area contributed by atoms with Crippen LogP contribution in [-0.2, 0) is 14.8 Å². The van der Waals surface area contributed by atoms with Crippen molar-refractivity contribution in [1.29, 1.82) is 0 Å². The van der Waals surface area contributed by atoms with Gasteiger partial charge >= 0.3 is 5.97 Å². The van der Waals surface area contributed by atoms with E-state index in [4.69, 9.17) is 16.7 Å². The molecular formula is C13H15ClN2O5S. The van der Waals surface area contributed by atoms with Crippen molar-refractivity contribution in [2.45, 2.75) is 11.3 Å². The number of carbonyl (C=O) groups excluding carboxylic acids is 1. The number of aromatic carboxylic acids is 1. The Labute approximate surface area is 132 Å². The van der Waals surface area contributed by atoms with E-state index in [9.17, 15) is 18.0 Å². The number of benzene rings is 1. The van der Waals surface area contributed by atoms with Crippen molar-refractivity contribution < 1.29 is 23.1 Å². The second-order valence-electron chi connectivity index (χ2n) is 5.14. The fraction of sp³-hybridized carbons (Fsp3) is 0.385. The number of likely N-dealkylation sites (tertiary alicyclic amines) is 1. The zero-order chi connectivity index (χ0) is 16.5. The van der Waals surface area contributed by atoms with Crippen LogP contribution in [0.1, 0.15) is 16.8 Å². The second kappa shape index (κ2) is 6.23. The smallest absolute Gasteiger partial charge is 0.337 e. The minimum Gasteiger partial charge on any atom is -0.478 e. The van der Waals surface area contributed by atoms with Crippen LogP contribution in [0.25, 0.3) is 0 Å². The zero-order valence-corrected chi connectivity index (χ0v) is 13.3. The van der Waals surface area contributed by atoms with E-state index in [1.54, 1.807) is 11.9 Å². The summed E-state index contributed by atoms with van der Waals surface area (Å²) in [6.45, 7) is 0.603. The summed E-state index contributed by atoms with van der Waals surface area (Å²) < 4.78 is 26.8. The topological polar surface area (TPSA) is 104 Å². The normalized spacial score (nSPS) is 18.7. The molecule has 1 atom stereocenters. The molecule has 0 saturated carbocycles. The highest BCUT2D eigenvalue weighted by Crippen LogP contribution is 2.21. The van der Waals surface area contributed by atoms with E-state index in [0.29, 0.717) is 13.0 Å². The minimum absolute atomic E-state index is 0.0242. The Bertz CT molecular complexity index is 719. The molecule has 7 nitrogen and oxygen atoms in total. The molecule has 2 N–H and O–H groups in total. The zero-order valence-electron chi connectivity index (χ0n) is 11.7. The van der Waals surface area contributed by atoms with Gasteiger partial charge in [0.05, 0.1) is 15.5 Å². The van der Waals surface area contributed by atoms with Crippen LogP contribution in [0.4, 0.5) is 0 Å². The van der Waals surface area contributed by atoms with E-state index >= 15 is 0 Å². The first-order valence-corrected chi connectivity index (χ1v) is 8.33. The largest absolute Gasteiger partial charge is 0.478 e. The summed E-state index contributed by atoms with van der Waals surface area (Å²) >= 11 is 5.71. The van der Waals surface area contributed by atoms with E-state index in [0.717, 1.165) is 6.07 Å². The Morgan fingerprint density at radius 2 is 2.18 bits per heavy atom. The number of nitrogens with zero attached hydrogens (tertiary/aromatic N) is 1. The average Bonchev–Trinajstić information content (AvgIpc) is 2.76. The highest BCUT2D eigenvalue weighted by atomic mass is 35.5. The molecule has 0 aliphatic carbocycles. The summed E-state index contributed by atoms with van der Waals surface area (Å²) in [5.74, 6) is -1.42. The third-order valence-electron chi connectivity index (χ3n) is 3.46. The van der Waals surface area contributed by atoms with E-state index in [1.807, 2.05) is 0 Å². The number of hydrogen-bond acceptors (Lipinski definition) is 4. The van der Waals surface area contributed by atoms with E-state index < -0.39 is 16.0 Å². The van der Waals surface area contributed by atoms with Gasteiger partial charge in [-0.05, 0) is 24.1 Å². The number of hydrogen-bond donors (Lipinski definition) is 2. The van der Waals surface area contributed by atoms with Gasteiger partial charge in [0.2, 0.25) is 15.9 Å². The maximum atomic E-state index is 12.2. The van der Waals surface area contributed by atoms with Gasteiger partial charge in [0.15, 0.2) is 0 Å². The molecule has 0 aromatic heterocycles. The molecule has 0 spiro atoms. The van der Waals surface area contributed by atoms with Gasteiger partial charge in [-0.3, -0.25) is 4.79 Å². The Morgan fingerprint density at radius 1 is 1.50 bits per heavy atom. The second-order valence-corrected chi connectivity index (χ2v) is 7.32. The molecule has 1 heterocycles. The molecule has 1 aromatic carbocycles. The van der Waals surface area contributed by atoms with Gasteiger partial charge in [-0.25, -0.2) is 17.9 Å². The molecule has 1 aromatic rings. The predicted molar refractivity (Wildman–Crippen MR) is 79.3 cm³/mol. The van der Waals surface area contributed by atoms with E-state index in [-0.39, 0.29) is 33.9 Å². The molecule has 1 aliphatic rings. The van der Waals surface area contributed by atoms with Crippen molar-refractivity contribution in [2.75, 3.05) is 20.1 Å². The molecule has 1 saturated heterocycles. The number of amides is 1. The number of halogens is 1. The molecule has 9 heteroatoms. The molecule has 0 radical (unpaired) electrons. The van der Waals surface area contributed by atoms with Crippen LogP contribution in [-0.4, -0.2) is 50.4 Å². The SMILES string of the molecule is CN1CC(CNS(=O)(=O)c2ccc(Cl)c(C(=O)O)c2)CC1=O. The van der Waals surface area contributed by atoms with Crippen LogP contribution in [0.15, 0.2) is 23.1 Å². The minimum atomic E-state index is -3.86. The number of nitrogens with one attached hydrogen (secondary N) is 1. The fourth-order valence-corrected chi connectivity index (χ4v) is 3.58. The summed E-state index contributed by atoms with van der Waals surface area (Å²) in [5, 5.41) is 8.94. The first-order valence-electron chi connectivity index (χ1n) is 6.47. The molecule has 1 aliphatic heterocycles. The van der Waals surface area contributed by atoms with Crippen LogP contribution in [0.5, 0.6) is 0 Å². The molecule has 0 bridgehead atoms. The van der Waals surface area contributed by atoms with Gasteiger partial charge in [0, 0.05) is 26.6 Å². The Morgan fingerprint density at radius 3 is 2.73 bits per heavy atom. The van der Waals surface area contributed by atoms with Crippen LogP contribution in [0, 0.1) is 5.92 Å². The highest BCUT2D eigenvalue weighted by Gasteiger charge is 2.28. The first-order chi connectivity index (χ1) is 10.2. The lowest BCUT2D eigenvalue weighted by Gasteiger charge is -2.12. The van der Waals surface area contributed by atoms with Crippen molar-refractivity contribution in [3.8, 4) is 0 Å². The van der Waals surface area contributed by atoms with Crippen LogP contribution in [0.2, 0.25) is 5.02 Å². The van der Waals surface area contributed by atoms with Gasteiger partial charge in [-0.2, -0.15) is 0 Å². The quantitative estimate of drug-likeness (QED) is 0.820. The lowest BCUT2D eigenvalue weighted by atomic mass is 10.1. The van der Waals surface area contributed by atoms with Crippen molar-refractivity contribution in [3.05, 3.63) is 28.8 Å². The number of carboxylic acids is 1. The standard InChI is InChI=1S/C13H15ClN2O5S/c1-16-7-8(4-12(16)17)6-15-22(20,21)9-2-3-11(14)10(5-9)13(18)19/h2-3,5,8,15H,4,6-7H2,1H3,(H,18,19). The van der Waals surface area contributed by atoms with Gasteiger partial charge < -0.3 is 10.0 Å². The molecule has 2 rings (SSSR count). The average molecular weight is 347 g/mol. The molecular weight excluding hydrogens is 332 g/mol. The van der Waals surface area contributed by atoms with Crippen LogP contribution in [0.3, 0.4) is 0 Å². The summed E-state index contributed by atoms with van der Waals surface area (Å²) in [4.78, 5) is 23.8. The number of sulfonamides is 1. The van der Waals surface area contributed by atoms with E-state index in [1.165, 1.54) is 12.1 Å². The predicted octanol–water partition coefficient (Wildman–Crippen LogP) is 0.795. The monoisotopic (exact) mass is 346 g/mol. The van der Waals surface area contributed by atoms with Crippen molar-refractivity contribution in [3.63, 3.8) is 0 Å². The Hall–Kier alpha value is -1.64. The molecule has 22 heavy (non-hydrogen) atoms. The Balaban J connectivity index is 2.12. The molecule has 120 valence electrons. The number of rotatable bonds is 5. The summed E-state index contributed by atoms with van der Waals surface area (Å²) in [5.41, 5.74) is -0.277. The summed E-state index contributed by atoms with van der Waals surface area (Å²) in [6.07, 6.45) is 0.292. The van der Waals surface area contributed by atoms with Crippen LogP contribution >= 0.6 is 11.6 Å². The van der Waals surface area contributed by atoms with E-state index in [2.05, 4.69) is 4.72 Å². The van der Waals surface area contributed by atoms with Crippen molar-refractivity contribution >= 4 is 33.5 Å². The van der Waals surface area contributed by atoms with Gasteiger partial charge in [0.1, 0.15) is 0 Å². The maximum absolute atomic E-state index is 12.2. The fourth-order valence-electron chi connectivity index (χ4n) is 2.24. The first kappa shape index (κ1) is 16.7. The molecule has 1 amide bonds. The molecule has 1 unspecified atom stereocenters. The maximum Gasteiger partial charge on any atom is 0.337 e. The third kappa shape index (κ3) is 3.57. The van der Waals surface area contributed by atoms with Crippen molar-refractivity contribution in [1.82, 2.24) is 9.62 Å². The van der Waals surface area contributed by atoms with Gasteiger partial charge in [-0.15, -0.1) is 0 Å². The lowest BCUT2D eigenvalue weighted by Crippen LogP contribution is -2.30. The number of carbonyl (C=O) groups is 2. The van der Waals surface area contributed by atoms with Gasteiger partial charge in [0.25, 0.3) is 0 Å². The summed E-state index contributed by atoms with van der Waals surface area (Å²) in [7, 11) is -2.20. The molecule has 1 fully saturated rings. The Kier molecular flexibility index (Phi) is 4.74. The lowest BCUT2D eigenvalue weighted by molar-refractivity contribution is -0.126. The van der Waals surface area contributed by atoms with Crippen molar-refractivity contribution in [2.24, 2.45) is 5.92 Å². The number of carboxylic acid groups (broad SMARTS) is 1. The highest BCUT2D eigenvalue weighted by molar-refractivity contribution is 7.89. The van der Waals surface area contributed by atoms with Crippen LogP contribution < -0.4 is 4.72 Å². The summed E-state index contributed by atoms with van der Waals surface area (Å²) in [6, 6.07) is 3.48. The van der Waals surface area contributed by atoms with Gasteiger partial charge in [-0.1, -0.05) is 11.6 Å². The third-order valence-corrected chi connectivity index (χ3v) is 5.21.